The molecule has 0 aliphatic carbocycles. The third kappa shape index (κ3) is 4.66. The lowest BCUT2D eigenvalue weighted by Gasteiger charge is -2.09. The molecule has 2 aromatic carbocycles. The number of thiazole rings is 1. The zero-order valence-corrected chi connectivity index (χ0v) is 17.5. The Hall–Kier alpha value is -2.51. The number of hydrogen-bond donors (Lipinski definition) is 1. The molecule has 0 saturated carbocycles. The van der Waals surface area contributed by atoms with Gasteiger partial charge in [0.1, 0.15) is 5.82 Å². The average Bonchev–Trinajstić information content (AvgIpc) is 3.30. The van der Waals surface area contributed by atoms with E-state index in [1.54, 1.807) is 22.2 Å². The van der Waals surface area contributed by atoms with Crippen LogP contribution in [0.15, 0.2) is 65.3 Å². The van der Waals surface area contributed by atoms with Crippen molar-refractivity contribution >= 4 is 49.2 Å². The highest BCUT2D eigenvalue weighted by Gasteiger charge is 2.09. The molecule has 7 heteroatoms. The molecule has 0 spiro atoms. The summed E-state index contributed by atoms with van der Waals surface area (Å²) in [5.74, 6) is 0.714. The molecule has 28 heavy (non-hydrogen) atoms. The number of benzene rings is 2. The lowest BCUT2D eigenvalue weighted by molar-refractivity contribution is -0.116. The first-order valence-electron chi connectivity index (χ1n) is 9.08. The summed E-state index contributed by atoms with van der Waals surface area (Å²) in [5.41, 5.74) is 2.15. The molecule has 142 valence electrons. The summed E-state index contributed by atoms with van der Waals surface area (Å²) in [7, 11) is 0. The molecule has 0 bridgehead atoms. The maximum Gasteiger partial charge on any atom is 0.225 e. The number of aromatic nitrogens is 3. The van der Waals surface area contributed by atoms with Gasteiger partial charge in [0.05, 0.1) is 28.0 Å². The minimum absolute atomic E-state index is 0.00123. The van der Waals surface area contributed by atoms with Gasteiger partial charge in [-0.25, -0.2) is 9.67 Å². The fraction of sp³-hybridized carbons (Fsp3) is 0.190. The van der Waals surface area contributed by atoms with Crippen molar-refractivity contribution in [3.05, 3.63) is 75.8 Å². The van der Waals surface area contributed by atoms with E-state index in [9.17, 15) is 4.79 Å². The van der Waals surface area contributed by atoms with E-state index in [0.29, 0.717) is 18.8 Å². The number of amides is 1. The SMILES string of the molecule is O=C(CCCc1nc2ccccc2s1)Nc1ccnn1Cc1ccc(Br)cc1. The fourth-order valence-corrected chi connectivity index (χ4v) is 4.23. The van der Waals surface area contributed by atoms with Crippen molar-refractivity contribution in [3.63, 3.8) is 0 Å². The van der Waals surface area contributed by atoms with Crippen molar-refractivity contribution in [3.8, 4) is 0 Å². The normalized spacial score (nSPS) is 11.0. The molecule has 2 heterocycles. The minimum atomic E-state index is -0.00123. The summed E-state index contributed by atoms with van der Waals surface area (Å²) in [6, 6.07) is 18.0. The first kappa shape index (κ1) is 18.8. The molecule has 1 N–H and O–H groups in total. The second-order valence-corrected chi connectivity index (χ2v) is 8.51. The zero-order valence-electron chi connectivity index (χ0n) is 15.1. The van der Waals surface area contributed by atoms with Crippen LogP contribution in [-0.2, 0) is 17.8 Å². The van der Waals surface area contributed by atoms with Crippen molar-refractivity contribution in [2.75, 3.05) is 5.32 Å². The first-order chi connectivity index (χ1) is 13.7. The predicted molar refractivity (Wildman–Crippen MR) is 117 cm³/mol. The van der Waals surface area contributed by atoms with Crippen LogP contribution in [-0.4, -0.2) is 20.7 Å². The average molecular weight is 455 g/mol. The highest BCUT2D eigenvalue weighted by atomic mass is 79.9. The number of para-hydroxylation sites is 1. The third-order valence-electron chi connectivity index (χ3n) is 4.36. The predicted octanol–water partition coefficient (Wildman–Crippen LogP) is 5.27. The fourth-order valence-electron chi connectivity index (χ4n) is 2.96. The minimum Gasteiger partial charge on any atom is -0.311 e. The van der Waals surface area contributed by atoms with E-state index < -0.39 is 0 Å². The Morgan fingerprint density at radius 1 is 1.11 bits per heavy atom. The smallest absolute Gasteiger partial charge is 0.225 e. The Balaban J connectivity index is 1.30. The second-order valence-electron chi connectivity index (χ2n) is 6.48. The quantitative estimate of drug-likeness (QED) is 0.413. The maximum atomic E-state index is 12.3. The van der Waals surface area contributed by atoms with Gasteiger partial charge in [0.25, 0.3) is 0 Å². The topological polar surface area (TPSA) is 59.8 Å². The number of carbonyl (C=O) groups excluding carboxylic acids is 1. The lowest BCUT2D eigenvalue weighted by Crippen LogP contribution is -2.16. The second kappa shape index (κ2) is 8.67. The van der Waals surface area contributed by atoms with Gasteiger partial charge in [0.2, 0.25) is 5.91 Å². The molecule has 5 nitrogen and oxygen atoms in total. The van der Waals surface area contributed by atoms with Gasteiger partial charge in [-0.1, -0.05) is 40.2 Å². The van der Waals surface area contributed by atoms with E-state index in [1.165, 1.54) is 4.70 Å². The molecule has 4 rings (SSSR count). The van der Waals surface area contributed by atoms with Gasteiger partial charge in [0.15, 0.2) is 0 Å². The number of carbonyl (C=O) groups is 1. The summed E-state index contributed by atoms with van der Waals surface area (Å²) >= 11 is 5.14. The Bertz CT molecular complexity index is 1050. The molecule has 0 radical (unpaired) electrons. The van der Waals surface area contributed by atoms with Crippen LogP contribution in [0, 0.1) is 0 Å². The molecule has 4 aromatic rings. The Kier molecular flexibility index (Phi) is 5.83. The number of nitrogens with one attached hydrogen (secondary N) is 1. The number of fused-ring (bicyclic) bond motifs is 1. The molecule has 0 fully saturated rings. The van der Waals surface area contributed by atoms with E-state index in [2.05, 4.69) is 37.4 Å². The standard InChI is InChI=1S/C21H19BrN4OS/c22-16-10-8-15(9-11-16)14-26-19(12-13-23-26)25-20(27)6-3-7-21-24-17-4-1-2-5-18(17)28-21/h1-2,4-5,8-13H,3,6-7,14H2,(H,25,27). The number of rotatable bonds is 7. The number of anilines is 1. The van der Waals surface area contributed by atoms with Crippen LogP contribution < -0.4 is 5.32 Å². The van der Waals surface area contributed by atoms with E-state index in [4.69, 9.17) is 0 Å². The summed E-state index contributed by atoms with van der Waals surface area (Å²) < 4.78 is 4.03. The van der Waals surface area contributed by atoms with Crippen molar-refractivity contribution in [2.45, 2.75) is 25.8 Å². The van der Waals surface area contributed by atoms with Crippen LogP contribution in [0.25, 0.3) is 10.2 Å². The number of halogens is 1. The summed E-state index contributed by atoms with van der Waals surface area (Å²) in [6.45, 7) is 0.613. The van der Waals surface area contributed by atoms with Crippen molar-refractivity contribution in [1.29, 1.82) is 0 Å². The highest BCUT2D eigenvalue weighted by Crippen LogP contribution is 2.23. The van der Waals surface area contributed by atoms with E-state index in [1.807, 2.05) is 48.5 Å². The van der Waals surface area contributed by atoms with E-state index in [-0.39, 0.29) is 5.91 Å². The van der Waals surface area contributed by atoms with Gasteiger partial charge in [-0.15, -0.1) is 11.3 Å². The summed E-state index contributed by atoms with van der Waals surface area (Å²) in [5, 5.41) is 8.37. The summed E-state index contributed by atoms with van der Waals surface area (Å²) in [6.07, 6.45) is 3.74. The van der Waals surface area contributed by atoms with Gasteiger partial charge < -0.3 is 5.32 Å². The van der Waals surface area contributed by atoms with Gasteiger partial charge in [-0.3, -0.25) is 4.79 Å². The maximum absolute atomic E-state index is 12.3. The van der Waals surface area contributed by atoms with Gasteiger partial charge in [-0.05, 0) is 42.7 Å². The molecule has 0 atom stereocenters. The van der Waals surface area contributed by atoms with Crippen LogP contribution in [0.1, 0.15) is 23.4 Å². The number of nitrogens with zero attached hydrogens (tertiary/aromatic N) is 3. The van der Waals surface area contributed by atoms with Crippen LogP contribution in [0.3, 0.4) is 0 Å². The molecule has 2 aromatic heterocycles. The van der Waals surface area contributed by atoms with Gasteiger partial charge in [0, 0.05) is 17.0 Å². The van der Waals surface area contributed by atoms with Crippen LogP contribution >= 0.6 is 27.3 Å². The first-order valence-corrected chi connectivity index (χ1v) is 10.7. The molecular formula is C21H19BrN4OS. The van der Waals surface area contributed by atoms with Gasteiger partial charge >= 0.3 is 0 Å². The lowest BCUT2D eigenvalue weighted by atomic mass is 10.2. The van der Waals surface area contributed by atoms with E-state index >= 15 is 0 Å². The summed E-state index contributed by atoms with van der Waals surface area (Å²) in [4.78, 5) is 17.0. The molecule has 0 aliphatic rings. The van der Waals surface area contributed by atoms with E-state index in [0.717, 1.165) is 33.4 Å². The molecule has 0 saturated heterocycles. The number of hydrogen-bond acceptors (Lipinski definition) is 4. The van der Waals surface area contributed by atoms with Crippen molar-refractivity contribution in [1.82, 2.24) is 14.8 Å². The molecular weight excluding hydrogens is 436 g/mol. The molecule has 0 aliphatic heterocycles. The van der Waals surface area contributed by atoms with Crippen molar-refractivity contribution < 1.29 is 4.79 Å². The largest absolute Gasteiger partial charge is 0.311 e. The molecule has 0 unspecified atom stereocenters. The van der Waals surface area contributed by atoms with Gasteiger partial charge in [-0.2, -0.15) is 5.10 Å². The Labute approximate surface area is 175 Å². The third-order valence-corrected chi connectivity index (χ3v) is 5.99. The highest BCUT2D eigenvalue weighted by molar-refractivity contribution is 9.10. The zero-order chi connectivity index (χ0) is 19.3. The van der Waals surface area contributed by atoms with Crippen LogP contribution in [0.4, 0.5) is 5.82 Å². The number of aryl methyl sites for hydroxylation is 1. The van der Waals surface area contributed by atoms with Crippen LogP contribution in [0.5, 0.6) is 0 Å². The van der Waals surface area contributed by atoms with Crippen molar-refractivity contribution in [2.24, 2.45) is 0 Å². The Morgan fingerprint density at radius 2 is 1.93 bits per heavy atom. The monoisotopic (exact) mass is 454 g/mol. The molecule has 1 amide bonds. The Morgan fingerprint density at radius 3 is 2.75 bits per heavy atom. The van der Waals surface area contributed by atoms with Crippen LogP contribution in [0.2, 0.25) is 0 Å².